The van der Waals surface area contributed by atoms with Crippen molar-refractivity contribution in [2.24, 2.45) is 0 Å². The Kier molecular flexibility index (Phi) is 5.22. The lowest BCUT2D eigenvalue weighted by Crippen LogP contribution is -1.89. The molecule has 0 spiro atoms. The molecule has 21 heavy (non-hydrogen) atoms. The van der Waals surface area contributed by atoms with Crippen LogP contribution in [0.25, 0.3) is 11.1 Å². The molecule has 2 N–H and O–H groups in total. The Morgan fingerprint density at radius 3 is 1.52 bits per heavy atom. The molecule has 2 aromatic carbocycles. The van der Waals surface area contributed by atoms with Crippen LogP contribution < -0.4 is 0 Å². The minimum Gasteiger partial charge on any atom is -0.506 e. The molecule has 0 aliphatic carbocycles. The molecule has 2 rings (SSSR count). The number of rotatable bonds is 1. The minimum atomic E-state index is -0.461. The predicted octanol–water partition coefficient (Wildman–Crippen LogP) is 7.34. The number of phenols is 2. The number of hydrogen-bond acceptors (Lipinski definition) is 2. The summed E-state index contributed by atoms with van der Waals surface area (Å²) in [5.74, 6) is -0.786. The van der Waals surface area contributed by atoms with Crippen LogP contribution in [-0.4, -0.2) is 10.2 Å². The van der Waals surface area contributed by atoms with Gasteiger partial charge in [-0.2, -0.15) is 0 Å². The van der Waals surface area contributed by atoms with Gasteiger partial charge in [0, 0.05) is 11.1 Å². The monoisotopic (exact) mass is 424 g/mol. The Labute approximate surface area is 154 Å². The maximum Gasteiger partial charge on any atom is 0.155 e. The Balaban J connectivity index is 2.93. The average molecular weight is 427 g/mol. The van der Waals surface area contributed by atoms with Gasteiger partial charge < -0.3 is 10.2 Å². The molecule has 2 aromatic rings. The summed E-state index contributed by atoms with van der Waals surface area (Å²) in [5.41, 5.74) is 0.285. The van der Waals surface area contributed by atoms with Crippen molar-refractivity contribution in [2.45, 2.75) is 0 Å². The van der Waals surface area contributed by atoms with Crippen molar-refractivity contribution in [3.8, 4) is 22.6 Å². The lowest BCUT2D eigenvalue weighted by molar-refractivity contribution is 0.476. The number of aromatic hydroxyl groups is 2. The summed E-state index contributed by atoms with van der Waals surface area (Å²) in [4.78, 5) is 0. The highest BCUT2D eigenvalue weighted by atomic mass is 35.5. The second kappa shape index (κ2) is 6.29. The lowest BCUT2D eigenvalue weighted by Gasteiger charge is -2.15. The molecular weight excluding hydrogens is 424 g/mol. The van der Waals surface area contributed by atoms with Crippen LogP contribution in [0, 0.1) is 0 Å². The van der Waals surface area contributed by atoms with Crippen molar-refractivity contribution in [3.63, 3.8) is 0 Å². The largest absolute Gasteiger partial charge is 0.506 e. The van der Waals surface area contributed by atoms with E-state index < -0.39 is 5.75 Å². The van der Waals surface area contributed by atoms with Gasteiger partial charge in [-0.05, 0) is 6.07 Å². The van der Waals surface area contributed by atoms with E-state index in [4.69, 9.17) is 81.2 Å². The molecule has 0 atom stereocenters. The van der Waals surface area contributed by atoms with Gasteiger partial charge in [-0.15, -0.1) is 0 Å². The van der Waals surface area contributed by atoms with Gasteiger partial charge in [0.05, 0.1) is 20.1 Å². The molecule has 0 heterocycles. The van der Waals surface area contributed by atoms with Crippen LogP contribution in [-0.2, 0) is 0 Å². The van der Waals surface area contributed by atoms with E-state index in [0.29, 0.717) is 0 Å². The van der Waals surface area contributed by atoms with E-state index in [1.807, 2.05) is 0 Å². The first-order valence-electron chi connectivity index (χ1n) is 5.10. The van der Waals surface area contributed by atoms with Gasteiger partial charge in [0.15, 0.2) is 5.75 Å². The highest BCUT2D eigenvalue weighted by molar-refractivity contribution is 6.53. The summed E-state index contributed by atoms with van der Waals surface area (Å²) in [6.45, 7) is 0. The van der Waals surface area contributed by atoms with E-state index in [-0.39, 0.29) is 52.0 Å². The Morgan fingerprint density at radius 1 is 0.571 bits per heavy atom. The first kappa shape index (κ1) is 17.4. The maximum absolute atomic E-state index is 9.77. The van der Waals surface area contributed by atoms with Gasteiger partial charge in [0.25, 0.3) is 0 Å². The minimum absolute atomic E-state index is 0.00101. The second-order valence-electron chi connectivity index (χ2n) is 3.86. The zero-order valence-electron chi connectivity index (χ0n) is 9.62. The first-order valence-corrected chi connectivity index (χ1v) is 7.74. The standard InChI is InChI=1S/C12H3Cl7O2/c13-5-2(1-3(20)6(14)9(5)17)4-7(15)10(18)12(21)11(19)8(4)16/h1,20-21H. The highest BCUT2D eigenvalue weighted by Gasteiger charge is 2.25. The van der Waals surface area contributed by atoms with Crippen molar-refractivity contribution in [3.05, 3.63) is 41.2 Å². The third-order valence-corrected chi connectivity index (χ3v) is 5.67. The lowest BCUT2D eigenvalue weighted by atomic mass is 10.0. The van der Waals surface area contributed by atoms with Gasteiger partial charge in [0.2, 0.25) is 0 Å². The number of benzene rings is 2. The fourth-order valence-electron chi connectivity index (χ4n) is 1.63. The smallest absolute Gasteiger partial charge is 0.155 e. The first-order chi connectivity index (χ1) is 9.68. The van der Waals surface area contributed by atoms with E-state index in [2.05, 4.69) is 0 Å². The van der Waals surface area contributed by atoms with Gasteiger partial charge in [-0.3, -0.25) is 0 Å². The van der Waals surface area contributed by atoms with E-state index in [1.54, 1.807) is 0 Å². The maximum atomic E-state index is 9.77. The zero-order valence-corrected chi connectivity index (χ0v) is 14.9. The summed E-state index contributed by atoms with van der Waals surface area (Å²) >= 11 is 41.7. The average Bonchev–Trinajstić information content (AvgIpc) is 2.46. The topological polar surface area (TPSA) is 40.5 Å². The van der Waals surface area contributed by atoms with E-state index in [9.17, 15) is 10.2 Å². The third-order valence-electron chi connectivity index (χ3n) is 2.64. The van der Waals surface area contributed by atoms with Gasteiger partial charge in [-0.25, -0.2) is 0 Å². The van der Waals surface area contributed by atoms with Crippen molar-refractivity contribution in [2.75, 3.05) is 0 Å². The van der Waals surface area contributed by atoms with Crippen LogP contribution in [0.15, 0.2) is 6.07 Å². The predicted molar refractivity (Wildman–Crippen MR) is 90.3 cm³/mol. The van der Waals surface area contributed by atoms with Crippen LogP contribution in [0.1, 0.15) is 0 Å². The summed E-state index contributed by atoms with van der Waals surface area (Å²) in [5, 5.41) is 18.7. The second-order valence-corrected chi connectivity index (χ2v) is 6.51. The Bertz CT molecular complexity index is 729. The van der Waals surface area contributed by atoms with Crippen LogP contribution in [0.4, 0.5) is 0 Å². The van der Waals surface area contributed by atoms with Crippen LogP contribution in [0.2, 0.25) is 35.2 Å². The zero-order chi connectivity index (χ0) is 16.1. The van der Waals surface area contributed by atoms with E-state index >= 15 is 0 Å². The molecular formula is C12H3Cl7O2. The normalized spacial score (nSPS) is 11.0. The molecule has 0 radical (unpaired) electrons. The van der Waals surface area contributed by atoms with Crippen molar-refractivity contribution >= 4 is 81.2 Å². The molecule has 0 aliphatic rings. The summed E-state index contributed by atoms with van der Waals surface area (Å²) in [6.07, 6.45) is 0. The molecule has 9 heteroatoms. The molecule has 0 bridgehead atoms. The van der Waals surface area contributed by atoms with E-state index in [0.717, 1.165) is 0 Å². The summed E-state index contributed by atoms with van der Waals surface area (Å²) in [6, 6.07) is 1.22. The van der Waals surface area contributed by atoms with Gasteiger partial charge >= 0.3 is 0 Å². The number of hydrogen-bond donors (Lipinski definition) is 2. The quantitative estimate of drug-likeness (QED) is 0.369. The van der Waals surface area contributed by atoms with Crippen LogP contribution in [0.5, 0.6) is 11.5 Å². The molecule has 0 aliphatic heterocycles. The summed E-state index contributed by atoms with van der Waals surface area (Å²) < 4.78 is 0. The number of halogens is 7. The van der Waals surface area contributed by atoms with Crippen molar-refractivity contribution in [1.82, 2.24) is 0 Å². The van der Waals surface area contributed by atoms with Gasteiger partial charge in [0.1, 0.15) is 20.8 Å². The molecule has 0 fully saturated rings. The Morgan fingerprint density at radius 2 is 1.05 bits per heavy atom. The van der Waals surface area contributed by atoms with Gasteiger partial charge in [-0.1, -0.05) is 81.2 Å². The molecule has 0 unspecified atom stereocenters. The molecule has 0 saturated heterocycles. The van der Waals surface area contributed by atoms with Crippen molar-refractivity contribution < 1.29 is 10.2 Å². The molecule has 2 nitrogen and oxygen atoms in total. The Hall–Kier alpha value is 0.0700. The number of phenolic OH excluding ortho intramolecular Hbond substituents is 2. The van der Waals surface area contributed by atoms with E-state index in [1.165, 1.54) is 6.07 Å². The fraction of sp³-hybridized carbons (Fsp3) is 0. The third kappa shape index (κ3) is 2.84. The fourth-order valence-corrected chi connectivity index (χ4v) is 3.31. The van der Waals surface area contributed by atoms with Crippen molar-refractivity contribution in [1.29, 1.82) is 0 Å². The highest BCUT2D eigenvalue weighted by Crippen LogP contribution is 2.53. The van der Waals surface area contributed by atoms with Crippen LogP contribution in [0.3, 0.4) is 0 Å². The molecule has 0 aromatic heterocycles. The van der Waals surface area contributed by atoms with Crippen LogP contribution >= 0.6 is 81.2 Å². The molecule has 0 amide bonds. The molecule has 112 valence electrons. The molecule has 0 saturated carbocycles. The summed E-state index contributed by atoms with van der Waals surface area (Å²) in [7, 11) is 0. The SMILES string of the molecule is Oc1cc(-c2c(Cl)c(Cl)c(O)c(Cl)c2Cl)c(Cl)c(Cl)c1Cl.